The molecule has 0 rings (SSSR count). The molecule has 0 unspecified atom stereocenters. The van der Waals surface area contributed by atoms with Gasteiger partial charge < -0.3 is 19.3 Å². The van der Waals surface area contributed by atoms with E-state index < -0.39 is 32.5 Å². The molecule has 8 nitrogen and oxygen atoms in total. The molecule has 48 heavy (non-hydrogen) atoms. The van der Waals surface area contributed by atoms with Gasteiger partial charge in [-0.05, 0) is 44.9 Å². The lowest BCUT2D eigenvalue weighted by Crippen LogP contribution is -2.29. The van der Waals surface area contributed by atoms with Gasteiger partial charge in [0.15, 0.2) is 6.10 Å². The summed E-state index contributed by atoms with van der Waals surface area (Å²) in [5.74, 6) is -0.901. The highest BCUT2D eigenvalue weighted by Crippen LogP contribution is 2.36. The fourth-order valence-electron chi connectivity index (χ4n) is 5.33. The largest absolute Gasteiger partial charge is 0.469 e. The summed E-state index contributed by atoms with van der Waals surface area (Å²) >= 11 is 0. The molecule has 0 aliphatic carbocycles. The van der Waals surface area contributed by atoms with Crippen LogP contribution in [0.2, 0.25) is 0 Å². The maximum absolute atomic E-state index is 12.4. The van der Waals surface area contributed by atoms with Crippen LogP contribution in [0.5, 0.6) is 0 Å². The van der Waals surface area contributed by atoms with Crippen molar-refractivity contribution in [3.05, 3.63) is 36.5 Å². The number of carbonyl (C=O) groups excluding carboxylic acids is 2. The Labute approximate surface area is 293 Å². The first-order chi connectivity index (χ1) is 23.3. The van der Waals surface area contributed by atoms with Crippen molar-refractivity contribution in [2.45, 2.75) is 187 Å². The molecule has 9 heteroatoms. The van der Waals surface area contributed by atoms with E-state index in [4.69, 9.17) is 19.3 Å². The van der Waals surface area contributed by atoms with Crippen LogP contribution in [0.1, 0.15) is 181 Å². The number of hydrogen-bond acceptors (Lipinski definition) is 6. The quantitative estimate of drug-likeness (QED) is 0.0290. The predicted molar refractivity (Wildman–Crippen MR) is 198 cm³/mol. The Kier molecular flexibility index (Phi) is 33.8. The monoisotopic (exact) mass is 698 g/mol. The topological polar surface area (TPSA) is 119 Å². The van der Waals surface area contributed by atoms with Crippen LogP contribution in [-0.4, -0.2) is 41.0 Å². The fraction of sp³-hybridized carbons (Fsp3) is 0.795. The number of phosphoric acid groups is 1. The lowest BCUT2D eigenvalue weighted by molar-refractivity contribution is -0.161. The first kappa shape index (κ1) is 46.3. The molecule has 0 heterocycles. The van der Waals surface area contributed by atoms with E-state index in [1.54, 1.807) is 0 Å². The number of esters is 2. The summed E-state index contributed by atoms with van der Waals surface area (Å²) in [6.07, 6.45) is 40.0. The van der Waals surface area contributed by atoms with Crippen molar-refractivity contribution in [2.75, 3.05) is 13.2 Å². The molecule has 0 aromatic carbocycles. The van der Waals surface area contributed by atoms with Crippen LogP contribution in [0.4, 0.5) is 0 Å². The molecule has 0 fully saturated rings. The Morgan fingerprint density at radius 3 is 1.50 bits per heavy atom. The van der Waals surface area contributed by atoms with E-state index in [-0.39, 0.29) is 19.4 Å². The lowest BCUT2D eigenvalue weighted by atomic mass is 10.0. The van der Waals surface area contributed by atoms with E-state index in [1.807, 2.05) is 0 Å². The molecule has 2 N–H and O–H groups in total. The third kappa shape index (κ3) is 37.1. The average Bonchev–Trinajstić information content (AvgIpc) is 3.05. The van der Waals surface area contributed by atoms with Crippen LogP contribution in [-0.2, 0) is 28.2 Å². The highest BCUT2D eigenvalue weighted by atomic mass is 31.2. The van der Waals surface area contributed by atoms with Gasteiger partial charge in [0.25, 0.3) is 0 Å². The Morgan fingerprint density at radius 1 is 0.562 bits per heavy atom. The number of hydrogen-bond donors (Lipinski definition) is 2. The minimum Gasteiger partial charge on any atom is -0.462 e. The minimum atomic E-state index is -4.75. The summed E-state index contributed by atoms with van der Waals surface area (Å²) in [7, 11) is -4.75. The first-order valence-electron chi connectivity index (χ1n) is 19.3. The maximum atomic E-state index is 12.4. The third-order valence-electron chi connectivity index (χ3n) is 8.17. The molecule has 0 amide bonds. The maximum Gasteiger partial charge on any atom is 0.469 e. The van der Waals surface area contributed by atoms with Crippen LogP contribution in [0.25, 0.3) is 0 Å². The zero-order valence-corrected chi connectivity index (χ0v) is 31.5. The Bertz CT molecular complexity index is 879. The molecule has 0 aromatic heterocycles. The van der Waals surface area contributed by atoms with Crippen molar-refractivity contribution in [2.24, 2.45) is 0 Å². The second-order valence-corrected chi connectivity index (χ2v) is 14.1. The normalized spacial score (nSPS) is 12.8. The fourth-order valence-corrected chi connectivity index (χ4v) is 5.69. The van der Waals surface area contributed by atoms with Gasteiger partial charge in [0.1, 0.15) is 6.61 Å². The second kappa shape index (κ2) is 35.1. The lowest BCUT2D eigenvalue weighted by Gasteiger charge is -2.18. The smallest absolute Gasteiger partial charge is 0.462 e. The third-order valence-corrected chi connectivity index (χ3v) is 8.66. The van der Waals surface area contributed by atoms with Crippen LogP contribution in [0, 0.1) is 0 Å². The van der Waals surface area contributed by atoms with Crippen molar-refractivity contribution in [3.63, 3.8) is 0 Å². The number of unbranched alkanes of at least 4 members (excludes halogenated alkanes) is 19. The van der Waals surface area contributed by atoms with Gasteiger partial charge in [-0.15, -0.1) is 0 Å². The number of rotatable bonds is 35. The molecule has 0 aliphatic heterocycles. The van der Waals surface area contributed by atoms with Crippen molar-refractivity contribution in [3.8, 4) is 0 Å². The Morgan fingerprint density at radius 2 is 1.00 bits per heavy atom. The Hall–Kier alpha value is -1.73. The second-order valence-electron chi connectivity index (χ2n) is 12.9. The summed E-state index contributed by atoms with van der Waals surface area (Å²) in [6.45, 7) is 3.56. The van der Waals surface area contributed by atoms with Gasteiger partial charge >= 0.3 is 19.8 Å². The number of carbonyl (C=O) groups is 2. The molecule has 1 atom stereocenters. The highest BCUT2D eigenvalue weighted by Gasteiger charge is 2.22. The van der Waals surface area contributed by atoms with E-state index in [9.17, 15) is 14.2 Å². The van der Waals surface area contributed by atoms with E-state index in [0.29, 0.717) is 12.8 Å². The molecule has 0 saturated heterocycles. The molecule has 0 radical (unpaired) electrons. The average molecular weight is 699 g/mol. The van der Waals surface area contributed by atoms with Crippen molar-refractivity contribution in [1.82, 2.24) is 0 Å². The molecule has 0 saturated carbocycles. The van der Waals surface area contributed by atoms with E-state index in [0.717, 1.165) is 70.6 Å². The van der Waals surface area contributed by atoms with Gasteiger partial charge in [-0.3, -0.25) is 14.1 Å². The van der Waals surface area contributed by atoms with Gasteiger partial charge in [-0.25, -0.2) is 4.57 Å². The van der Waals surface area contributed by atoms with Crippen LogP contribution in [0.15, 0.2) is 36.5 Å². The molecule has 0 spiro atoms. The van der Waals surface area contributed by atoms with E-state index in [1.165, 1.54) is 70.6 Å². The van der Waals surface area contributed by atoms with Gasteiger partial charge in [0.2, 0.25) is 0 Å². The first-order valence-corrected chi connectivity index (χ1v) is 20.8. The molecule has 0 aliphatic rings. The molecule has 0 bridgehead atoms. The van der Waals surface area contributed by atoms with Crippen LogP contribution < -0.4 is 0 Å². The van der Waals surface area contributed by atoms with Crippen molar-refractivity contribution in [1.29, 1.82) is 0 Å². The zero-order chi connectivity index (χ0) is 35.4. The van der Waals surface area contributed by atoms with Gasteiger partial charge in [-0.1, -0.05) is 159 Å². The number of phosphoric ester groups is 1. The van der Waals surface area contributed by atoms with Crippen molar-refractivity contribution >= 4 is 19.8 Å². The minimum absolute atomic E-state index is 0.211. The zero-order valence-electron chi connectivity index (χ0n) is 30.6. The van der Waals surface area contributed by atoms with Gasteiger partial charge in [-0.2, -0.15) is 0 Å². The van der Waals surface area contributed by atoms with Gasteiger partial charge in [0.05, 0.1) is 6.61 Å². The van der Waals surface area contributed by atoms with Crippen LogP contribution >= 0.6 is 7.82 Å². The highest BCUT2D eigenvalue weighted by molar-refractivity contribution is 7.46. The SMILES string of the molecule is CC/C=C/C/C=C/C/C=C/CCCCCCCC(=O)OC[C@H](COP(=O)(O)O)OC(=O)CCCCCCCCCCCCCCCCC. The molecular formula is C39H71O8P. The summed E-state index contributed by atoms with van der Waals surface area (Å²) in [6, 6.07) is 0. The molecule has 280 valence electrons. The number of allylic oxidation sites excluding steroid dienone is 6. The summed E-state index contributed by atoms with van der Waals surface area (Å²) in [5, 5.41) is 0. The predicted octanol–water partition coefficient (Wildman–Crippen LogP) is 11.4. The van der Waals surface area contributed by atoms with Gasteiger partial charge in [0, 0.05) is 12.8 Å². The van der Waals surface area contributed by atoms with Crippen molar-refractivity contribution < 1.29 is 37.9 Å². The van der Waals surface area contributed by atoms with Crippen LogP contribution in [0.3, 0.4) is 0 Å². The summed E-state index contributed by atoms with van der Waals surface area (Å²) < 4.78 is 26.3. The molecular weight excluding hydrogens is 627 g/mol. The molecule has 0 aromatic rings. The summed E-state index contributed by atoms with van der Waals surface area (Å²) in [4.78, 5) is 42.7. The van der Waals surface area contributed by atoms with E-state index in [2.05, 4.69) is 54.8 Å². The number of ether oxygens (including phenoxy) is 2. The summed E-state index contributed by atoms with van der Waals surface area (Å²) in [5.41, 5.74) is 0. The van der Waals surface area contributed by atoms with E-state index >= 15 is 0 Å². The standard InChI is InChI=1S/C39H71O8P/c1-3-5-7-9-11-13-15-17-19-21-23-25-27-29-31-33-38(40)45-35-37(36-46-48(42,43)44)47-39(41)34-32-30-28-26-24-22-20-18-16-14-12-10-8-6-4-2/h5,7,11,13,17,19,37H,3-4,6,8-10,12,14-16,18,20-36H2,1-2H3,(H2,42,43,44)/b7-5+,13-11+,19-17+/t37-/m1/s1. The Balaban J connectivity index is 3.97.